The number of hydrogen-bond donors (Lipinski definition) is 1. The fourth-order valence-electron chi connectivity index (χ4n) is 2.47. The lowest BCUT2D eigenvalue weighted by Crippen LogP contribution is -2.06. The van der Waals surface area contributed by atoms with E-state index in [-0.39, 0.29) is 0 Å². The molecule has 0 saturated carbocycles. The number of hydrogen-bond acceptors (Lipinski definition) is 5. The second-order valence-corrected chi connectivity index (χ2v) is 7.80. The number of imidazole rings is 1. The molecule has 0 atom stereocenters. The molecular formula is C17H20BrN5S. The van der Waals surface area contributed by atoms with Gasteiger partial charge in [0.25, 0.3) is 0 Å². The summed E-state index contributed by atoms with van der Waals surface area (Å²) in [4.78, 5) is 13.5. The highest BCUT2D eigenvalue weighted by Gasteiger charge is 2.16. The molecule has 3 aromatic rings. The molecule has 24 heavy (non-hydrogen) atoms. The standard InChI is InChI=1S/C17H20BrN5S/c1-11(2)10-23-15-13(20-16(23)18)14(19)21-17(22-15)24-9-8-12-6-4-3-5-7-12/h3-7,11H,8-10H2,1-2H3,(H2,19,21,22). The van der Waals surface area contributed by atoms with Crippen molar-refractivity contribution in [3.63, 3.8) is 0 Å². The number of nitrogen functional groups attached to an aromatic ring is 1. The minimum Gasteiger partial charge on any atom is -0.382 e. The van der Waals surface area contributed by atoms with Crippen molar-refractivity contribution in [1.29, 1.82) is 0 Å². The van der Waals surface area contributed by atoms with Gasteiger partial charge in [-0.15, -0.1) is 0 Å². The molecule has 0 spiro atoms. The third kappa shape index (κ3) is 3.89. The summed E-state index contributed by atoms with van der Waals surface area (Å²) in [5.41, 5.74) is 8.86. The van der Waals surface area contributed by atoms with Crippen molar-refractivity contribution in [2.45, 2.75) is 32.0 Å². The summed E-state index contributed by atoms with van der Waals surface area (Å²) in [6.45, 7) is 5.17. The molecule has 0 radical (unpaired) electrons. The summed E-state index contributed by atoms with van der Waals surface area (Å²) in [7, 11) is 0. The fourth-order valence-corrected chi connectivity index (χ4v) is 3.80. The van der Waals surface area contributed by atoms with Crippen LogP contribution < -0.4 is 5.73 Å². The Hall–Kier alpha value is -1.60. The zero-order chi connectivity index (χ0) is 17.1. The van der Waals surface area contributed by atoms with E-state index < -0.39 is 0 Å². The van der Waals surface area contributed by atoms with Crippen LogP contribution in [0.2, 0.25) is 0 Å². The quantitative estimate of drug-likeness (QED) is 0.378. The number of nitrogens with two attached hydrogens (primary N) is 1. The molecule has 0 aliphatic rings. The Morgan fingerprint density at radius 1 is 1.17 bits per heavy atom. The maximum absolute atomic E-state index is 6.09. The van der Waals surface area contributed by atoms with Crippen LogP contribution in [0.4, 0.5) is 5.82 Å². The first kappa shape index (κ1) is 17.2. The van der Waals surface area contributed by atoms with E-state index in [1.165, 1.54) is 5.56 Å². The first-order valence-electron chi connectivity index (χ1n) is 7.90. The zero-order valence-electron chi connectivity index (χ0n) is 13.7. The highest BCUT2D eigenvalue weighted by atomic mass is 79.9. The van der Waals surface area contributed by atoms with E-state index in [4.69, 9.17) is 5.73 Å². The van der Waals surface area contributed by atoms with Crippen LogP contribution in [-0.4, -0.2) is 25.3 Å². The number of benzene rings is 1. The molecule has 0 aliphatic carbocycles. The molecule has 1 aromatic carbocycles. The third-order valence-electron chi connectivity index (χ3n) is 3.57. The normalized spacial score (nSPS) is 11.5. The van der Waals surface area contributed by atoms with E-state index in [1.807, 2.05) is 6.07 Å². The van der Waals surface area contributed by atoms with Gasteiger partial charge in [-0.1, -0.05) is 55.9 Å². The molecular weight excluding hydrogens is 386 g/mol. The van der Waals surface area contributed by atoms with Gasteiger partial charge in [-0.25, -0.2) is 15.0 Å². The smallest absolute Gasteiger partial charge is 0.191 e. The molecule has 0 amide bonds. The second-order valence-electron chi connectivity index (χ2n) is 6.03. The maximum Gasteiger partial charge on any atom is 0.191 e. The van der Waals surface area contributed by atoms with E-state index in [1.54, 1.807) is 11.8 Å². The lowest BCUT2D eigenvalue weighted by atomic mass is 10.2. The van der Waals surface area contributed by atoms with Crippen molar-refractivity contribution in [2.24, 2.45) is 5.92 Å². The summed E-state index contributed by atoms with van der Waals surface area (Å²) in [6.07, 6.45) is 0.974. The lowest BCUT2D eigenvalue weighted by Gasteiger charge is -2.09. The van der Waals surface area contributed by atoms with Crippen molar-refractivity contribution >= 4 is 44.7 Å². The largest absolute Gasteiger partial charge is 0.382 e. The van der Waals surface area contributed by atoms with Gasteiger partial charge in [0.2, 0.25) is 0 Å². The van der Waals surface area contributed by atoms with Crippen LogP contribution in [0.25, 0.3) is 11.2 Å². The van der Waals surface area contributed by atoms with Crippen LogP contribution in [0.3, 0.4) is 0 Å². The van der Waals surface area contributed by atoms with Gasteiger partial charge in [-0.2, -0.15) is 0 Å². The van der Waals surface area contributed by atoms with Crippen LogP contribution in [0, 0.1) is 5.92 Å². The summed E-state index contributed by atoms with van der Waals surface area (Å²) >= 11 is 5.12. The molecule has 5 nitrogen and oxygen atoms in total. The van der Waals surface area contributed by atoms with Crippen molar-refractivity contribution in [3.8, 4) is 0 Å². The van der Waals surface area contributed by atoms with Crippen molar-refractivity contribution < 1.29 is 0 Å². The Bertz CT molecular complexity index is 832. The average molecular weight is 406 g/mol. The zero-order valence-corrected chi connectivity index (χ0v) is 16.1. The number of thioether (sulfide) groups is 1. The summed E-state index contributed by atoms with van der Waals surface area (Å²) in [6, 6.07) is 10.4. The minimum atomic E-state index is 0.436. The predicted octanol–water partition coefficient (Wildman–Crippen LogP) is 4.16. The maximum atomic E-state index is 6.09. The van der Waals surface area contributed by atoms with E-state index in [0.29, 0.717) is 22.4 Å². The Morgan fingerprint density at radius 2 is 1.92 bits per heavy atom. The van der Waals surface area contributed by atoms with E-state index in [9.17, 15) is 0 Å². The molecule has 0 aliphatic heterocycles. The van der Waals surface area contributed by atoms with Crippen molar-refractivity contribution in [3.05, 3.63) is 40.6 Å². The van der Waals surface area contributed by atoms with Gasteiger partial charge in [0, 0.05) is 12.3 Å². The highest BCUT2D eigenvalue weighted by molar-refractivity contribution is 9.10. The Kier molecular flexibility index (Phi) is 5.40. The third-order valence-corrected chi connectivity index (χ3v) is 5.02. The molecule has 0 unspecified atom stereocenters. The molecule has 126 valence electrons. The van der Waals surface area contributed by atoms with Gasteiger partial charge in [-0.3, -0.25) is 0 Å². The number of aromatic nitrogens is 4. The molecule has 0 bridgehead atoms. The van der Waals surface area contributed by atoms with Crippen LogP contribution in [0.15, 0.2) is 40.2 Å². The van der Waals surface area contributed by atoms with Crippen LogP contribution >= 0.6 is 27.7 Å². The highest BCUT2D eigenvalue weighted by Crippen LogP contribution is 2.26. The summed E-state index contributed by atoms with van der Waals surface area (Å²) in [5.74, 6) is 1.84. The number of anilines is 1. The number of nitrogens with zero attached hydrogens (tertiary/aromatic N) is 4. The van der Waals surface area contributed by atoms with Gasteiger partial charge in [-0.05, 0) is 33.8 Å². The topological polar surface area (TPSA) is 69.6 Å². The van der Waals surface area contributed by atoms with Crippen LogP contribution in [0.1, 0.15) is 19.4 Å². The molecule has 7 heteroatoms. The first-order valence-corrected chi connectivity index (χ1v) is 9.68. The van der Waals surface area contributed by atoms with Gasteiger partial charge >= 0.3 is 0 Å². The molecule has 0 saturated heterocycles. The van der Waals surface area contributed by atoms with E-state index >= 15 is 0 Å². The van der Waals surface area contributed by atoms with E-state index in [2.05, 4.69) is 73.6 Å². The van der Waals surface area contributed by atoms with Gasteiger partial charge in [0.05, 0.1) is 0 Å². The van der Waals surface area contributed by atoms with Gasteiger partial charge in [0.15, 0.2) is 26.9 Å². The molecule has 3 rings (SSSR count). The van der Waals surface area contributed by atoms with Crippen molar-refractivity contribution in [2.75, 3.05) is 11.5 Å². The molecule has 2 N–H and O–H groups in total. The summed E-state index contributed by atoms with van der Waals surface area (Å²) in [5, 5.41) is 0.702. The minimum absolute atomic E-state index is 0.436. The summed E-state index contributed by atoms with van der Waals surface area (Å²) < 4.78 is 2.80. The Labute approximate surface area is 154 Å². The number of aryl methyl sites for hydroxylation is 1. The van der Waals surface area contributed by atoms with Crippen LogP contribution in [-0.2, 0) is 13.0 Å². The first-order chi connectivity index (χ1) is 11.5. The molecule has 2 heterocycles. The fraction of sp³-hybridized carbons (Fsp3) is 0.353. The Balaban J connectivity index is 1.81. The SMILES string of the molecule is CC(C)Cn1c(Br)nc2c(N)nc(SCCc3ccccc3)nc21. The molecule has 2 aromatic heterocycles. The molecule has 0 fully saturated rings. The Morgan fingerprint density at radius 3 is 2.62 bits per heavy atom. The van der Waals surface area contributed by atoms with E-state index in [0.717, 1.165) is 29.1 Å². The van der Waals surface area contributed by atoms with Crippen LogP contribution in [0.5, 0.6) is 0 Å². The predicted molar refractivity (Wildman–Crippen MR) is 103 cm³/mol. The second kappa shape index (κ2) is 7.53. The van der Waals surface area contributed by atoms with Gasteiger partial charge in [0.1, 0.15) is 0 Å². The average Bonchev–Trinajstić information content (AvgIpc) is 2.85. The number of fused-ring (bicyclic) bond motifs is 1. The van der Waals surface area contributed by atoms with Gasteiger partial charge < -0.3 is 10.3 Å². The lowest BCUT2D eigenvalue weighted by molar-refractivity contribution is 0.523. The number of rotatable bonds is 6. The van der Waals surface area contributed by atoms with Crippen molar-refractivity contribution in [1.82, 2.24) is 19.5 Å². The number of halogens is 1. The monoisotopic (exact) mass is 405 g/mol.